The van der Waals surface area contributed by atoms with E-state index >= 15 is 0 Å². The lowest BCUT2D eigenvalue weighted by Gasteiger charge is -2.31. The Morgan fingerprint density at radius 2 is 2.21 bits per heavy atom. The van der Waals surface area contributed by atoms with Gasteiger partial charge in [0.2, 0.25) is 0 Å². The zero-order valence-corrected chi connectivity index (χ0v) is 10.7. The molecule has 1 atom stereocenters. The molecule has 5 heteroatoms. The van der Waals surface area contributed by atoms with Crippen LogP contribution in [0.2, 0.25) is 0 Å². The van der Waals surface area contributed by atoms with Crippen molar-refractivity contribution in [2.45, 2.75) is 26.3 Å². The summed E-state index contributed by atoms with van der Waals surface area (Å²) in [5, 5.41) is 4.46. The number of nitrogens with zero attached hydrogens (tertiary/aromatic N) is 3. The summed E-state index contributed by atoms with van der Waals surface area (Å²) >= 11 is 0. The fourth-order valence-corrected chi connectivity index (χ4v) is 2.43. The van der Waals surface area contributed by atoms with E-state index in [9.17, 15) is 8.78 Å². The highest BCUT2D eigenvalue weighted by atomic mass is 19.1. The summed E-state index contributed by atoms with van der Waals surface area (Å²) in [7, 11) is 0. The maximum Gasteiger partial charge on any atom is 0.141 e. The van der Waals surface area contributed by atoms with Crippen molar-refractivity contribution < 1.29 is 8.78 Å². The van der Waals surface area contributed by atoms with Crippen molar-refractivity contribution in [2.24, 2.45) is 5.41 Å². The predicted octanol–water partition coefficient (Wildman–Crippen LogP) is 3.01. The number of rotatable bonds is 2. The number of hydrogen-bond acceptors (Lipinski definition) is 2. The van der Waals surface area contributed by atoms with Crippen molar-refractivity contribution >= 4 is 0 Å². The van der Waals surface area contributed by atoms with Gasteiger partial charge in [-0.15, -0.1) is 0 Å². The molecule has 0 aromatic carbocycles. The van der Waals surface area contributed by atoms with Crippen LogP contribution in [0.25, 0.3) is 11.4 Å². The molecule has 2 aromatic heterocycles. The number of fused-ring (bicyclic) bond motifs is 1. The molecular formula is C14H15F2N3. The summed E-state index contributed by atoms with van der Waals surface area (Å²) in [6.07, 6.45) is 2.82. The van der Waals surface area contributed by atoms with Crippen LogP contribution in [0.1, 0.15) is 19.0 Å². The Bertz CT molecular complexity index is 591. The maximum atomic E-state index is 13.0. The van der Waals surface area contributed by atoms with Gasteiger partial charge in [-0.2, -0.15) is 5.10 Å². The second kappa shape index (κ2) is 4.40. The van der Waals surface area contributed by atoms with E-state index in [2.05, 4.69) is 10.1 Å². The van der Waals surface area contributed by atoms with Crippen LogP contribution in [0.4, 0.5) is 8.78 Å². The first kappa shape index (κ1) is 12.3. The minimum absolute atomic E-state index is 0.327. The van der Waals surface area contributed by atoms with Crippen LogP contribution in [0, 0.1) is 11.2 Å². The van der Waals surface area contributed by atoms with E-state index in [4.69, 9.17) is 0 Å². The fraction of sp³-hybridized carbons (Fsp3) is 0.429. The van der Waals surface area contributed by atoms with Crippen LogP contribution < -0.4 is 0 Å². The summed E-state index contributed by atoms with van der Waals surface area (Å²) in [5.74, 6) is -0.363. The van der Waals surface area contributed by atoms with Gasteiger partial charge in [-0.3, -0.25) is 14.1 Å². The van der Waals surface area contributed by atoms with E-state index in [-0.39, 0.29) is 17.9 Å². The lowest BCUT2D eigenvalue weighted by molar-refractivity contribution is 0.155. The van der Waals surface area contributed by atoms with Crippen molar-refractivity contribution in [1.82, 2.24) is 14.8 Å². The van der Waals surface area contributed by atoms with Gasteiger partial charge in [0.15, 0.2) is 0 Å². The first-order chi connectivity index (χ1) is 9.09. The fourth-order valence-electron chi connectivity index (χ4n) is 2.43. The molecule has 0 saturated heterocycles. The van der Waals surface area contributed by atoms with Crippen molar-refractivity contribution in [3.05, 3.63) is 35.9 Å². The Hall–Kier alpha value is -1.78. The molecule has 3 nitrogen and oxygen atoms in total. The zero-order chi connectivity index (χ0) is 13.5. The van der Waals surface area contributed by atoms with Crippen LogP contribution in [-0.2, 0) is 13.0 Å². The largest absolute Gasteiger partial charge is 0.268 e. The lowest BCUT2D eigenvalue weighted by Crippen LogP contribution is -2.32. The Balaban J connectivity index is 1.93. The number of halogens is 2. The smallest absolute Gasteiger partial charge is 0.141 e. The van der Waals surface area contributed by atoms with Gasteiger partial charge in [-0.05, 0) is 31.0 Å². The standard InChI is InChI=1S/C14H15F2N3/c1-14(8-15)5-4-11-6-13(18-19(11)9-14)12-3-2-10(16)7-17-12/h2-3,6-7H,4-5,8-9H2,1H3. The molecule has 0 radical (unpaired) electrons. The molecule has 0 N–H and O–H groups in total. The van der Waals surface area contributed by atoms with E-state index in [1.165, 1.54) is 12.3 Å². The second-order valence-electron chi connectivity index (χ2n) is 5.48. The highest BCUT2D eigenvalue weighted by molar-refractivity contribution is 5.54. The molecule has 0 aliphatic carbocycles. The molecule has 19 heavy (non-hydrogen) atoms. The van der Waals surface area contributed by atoms with Crippen LogP contribution >= 0.6 is 0 Å². The van der Waals surface area contributed by atoms with Gasteiger partial charge >= 0.3 is 0 Å². The summed E-state index contributed by atoms with van der Waals surface area (Å²) in [6, 6.07) is 4.93. The minimum Gasteiger partial charge on any atom is -0.268 e. The number of alkyl halides is 1. The van der Waals surface area contributed by atoms with Crippen molar-refractivity contribution in [2.75, 3.05) is 6.67 Å². The Morgan fingerprint density at radius 1 is 1.37 bits per heavy atom. The van der Waals surface area contributed by atoms with Gasteiger partial charge in [0.1, 0.15) is 11.5 Å². The molecule has 0 spiro atoms. The van der Waals surface area contributed by atoms with Crippen molar-refractivity contribution in [3.63, 3.8) is 0 Å². The van der Waals surface area contributed by atoms with Crippen LogP contribution in [0.5, 0.6) is 0 Å². The molecule has 1 aliphatic rings. The average Bonchev–Trinajstić information content (AvgIpc) is 2.82. The van der Waals surface area contributed by atoms with Gasteiger partial charge in [-0.1, -0.05) is 6.92 Å². The molecule has 0 amide bonds. The highest BCUT2D eigenvalue weighted by Gasteiger charge is 2.31. The summed E-state index contributed by atoms with van der Waals surface area (Å²) in [5.41, 5.74) is 2.13. The third-order valence-corrected chi connectivity index (χ3v) is 3.69. The van der Waals surface area contributed by atoms with Gasteiger partial charge in [0.25, 0.3) is 0 Å². The number of pyridine rings is 1. The summed E-state index contributed by atoms with van der Waals surface area (Å²) < 4.78 is 27.7. The molecule has 3 rings (SSSR count). The van der Waals surface area contributed by atoms with Gasteiger partial charge in [0.05, 0.1) is 18.6 Å². The maximum absolute atomic E-state index is 13.0. The zero-order valence-electron chi connectivity index (χ0n) is 10.7. The van der Waals surface area contributed by atoms with E-state index in [0.717, 1.165) is 24.2 Å². The van der Waals surface area contributed by atoms with E-state index < -0.39 is 0 Å². The summed E-state index contributed by atoms with van der Waals surface area (Å²) in [6.45, 7) is 2.18. The van der Waals surface area contributed by atoms with E-state index in [1.807, 2.05) is 17.7 Å². The first-order valence-corrected chi connectivity index (χ1v) is 6.34. The average molecular weight is 263 g/mol. The quantitative estimate of drug-likeness (QED) is 0.834. The van der Waals surface area contributed by atoms with Gasteiger partial charge < -0.3 is 0 Å². The number of aromatic nitrogens is 3. The molecule has 0 saturated carbocycles. The first-order valence-electron chi connectivity index (χ1n) is 6.34. The third-order valence-electron chi connectivity index (χ3n) is 3.69. The topological polar surface area (TPSA) is 30.7 Å². The second-order valence-corrected chi connectivity index (χ2v) is 5.48. The van der Waals surface area contributed by atoms with Crippen molar-refractivity contribution in [1.29, 1.82) is 0 Å². The highest BCUT2D eigenvalue weighted by Crippen LogP contribution is 2.33. The molecule has 1 aliphatic heterocycles. The molecule has 1 unspecified atom stereocenters. The number of hydrogen-bond donors (Lipinski definition) is 0. The lowest BCUT2D eigenvalue weighted by atomic mass is 9.84. The monoisotopic (exact) mass is 263 g/mol. The molecule has 2 aromatic rings. The van der Waals surface area contributed by atoms with Gasteiger partial charge in [0, 0.05) is 17.7 Å². The van der Waals surface area contributed by atoms with Crippen molar-refractivity contribution in [3.8, 4) is 11.4 Å². The Morgan fingerprint density at radius 3 is 2.89 bits per heavy atom. The van der Waals surface area contributed by atoms with Gasteiger partial charge in [-0.25, -0.2) is 4.39 Å². The molecule has 0 fully saturated rings. The predicted molar refractivity (Wildman–Crippen MR) is 67.8 cm³/mol. The third kappa shape index (κ3) is 2.25. The summed E-state index contributed by atoms with van der Waals surface area (Å²) in [4.78, 5) is 4.02. The van der Waals surface area contributed by atoms with Crippen LogP contribution in [0.3, 0.4) is 0 Å². The Labute approximate surface area is 110 Å². The van der Waals surface area contributed by atoms with Crippen LogP contribution in [-0.4, -0.2) is 21.4 Å². The molecule has 3 heterocycles. The molecule has 0 bridgehead atoms. The van der Waals surface area contributed by atoms with E-state index in [0.29, 0.717) is 12.2 Å². The van der Waals surface area contributed by atoms with Crippen LogP contribution in [0.15, 0.2) is 24.4 Å². The van der Waals surface area contributed by atoms with E-state index in [1.54, 1.807) is 6.07 Å². The number of aryl methyl sites for hydroxylation is 1. The Kier molecular flexibility index (Phi) is 2.84. The minimum atomic E-state index is -0.363. The molecule has 100 valence electrons. The normalized spacial score (nSPS) is 22.3. The SMILES string of the molecule is CC1(CF)CCc2cc(-c3ccc(F)cn3)nn2C1. The molecular weight excluding hydrogens is 248 g/mol.